The van der Waals surface area contributed by atoms with Crippen LogP contribution in [0, 0.1) is 11.7 Å². The zero-order chi connectivity index (χ0) is 9.68. The molecule has 0 fully saturated rings. The third-order valence-corrected chi connectivity index (χ3v) is 2.32. The Kier molecular flexibility index (Phi) is 3.90. The highest BCUT2D eigenvalue weighted by atomic mass is 19.1. The van der Waals surface area contributed by atoms with E-state index in [-0.39, 0.29) is 5.82 Å². The van der Waals surface area contributed by atoms with E-state index in [1.165, 1.54) is 6.07 Å². The van der Waals surface area contributed by atoms with Crippen molar-refractivity contribution in [2.24, 2.45) is 11.7 Å². The van der Waals surface area contributed by atoms with E-state index in [2.05, 4.69) is 6.92 Å². The summed E-state index contributed by atoms with van der Waals surface area (Å²) in [4.78, 5) is 0. The third kappa shape index (κ3) is 3.15. The van der Waals surface area contributed by atoms with Crippen LogP contribution in [-0.4, -0.2) is 6.54 Å². The Morgan fingerprint density at radius 1 is 1.46 bits per heavy atom. The monoisotopic (exact) mass is 181 g/mol. The molecule has 1 unspecified atom stereocenters. The lowest BCUT2D eigenvalue weighted by atomic mass is 9.97. The fourth-order valence-corrected chi connectivity index (χ4v) is 1.39. The standard InChI is InChI=1S/C11H16FN/c1-2-9(8-13)6-10-4-3-5-11(12)7-10/h3-5,7,9H,2,6,8,13H2,1H3. The number of halogens is 1. The molecule has 1 atom stereocenters. The van der Waals surface area contributed by atoms with Gasteiger partial charge < -0.3 is 5.73 Å². The number of nitrogens with two attached hydrogens (primary N) is 1. The van der Waals surface area contributed by atoms with Gasteiger partial charge in [0.15, 0.2) is 0 Å². The van der Waals surface area contributed by atoms with Crippen molar-refractivity contribution in [2.45, 2.75) is 19.8 Å². The minimum Gasteiger partial charge on any atom is -0.330 e. The Morgan fingerprint density at radius 2 is 2.23 bits per heavy atom. The number of hydrogen-bond donors (Lipinski definition) is 1. The first-order valence-corrected chi connectivity index (χ1v) is 4.70. The predicted octanol–water partition coefficient (Wildman–Crippen LogP) is 2.35. The molecule has 0 heterocycles. The minimum absolute atomic E-state index is 0.163. The fourth-order valence-electron chi connectivity index (χ4n) is 1.39. The first kappa shape index (κ1) is 10.2. The summed E-state index contributed by atoms with van der Waals surface area (Å²) in [5.41, 5.74) is 6.61. The normalized spacial score (nSPS) is 12.8. The van der Waals surface area contributed by atoms with Gasteiger partial charge in [0.1, 0.15) is 5.82 Å². The van der Waals surface area contributed by atoms with Crippen LogP contribution in [0.2, 0.25) is 0 Å². The molecule has 72 valence electrons. The second-order valence-corrected chi connectivity index (χ2v) is 3.34. The van der Waals surface area contributed by atoms with Gasteiger partial charge in [0.2, 0.25) is 0 Å². The Balaban J connectivity index is 2.62. The van der Waals surface area contributed by atoms with Gasteiger partial charge in [-0.25, -0.2) is 4.39 Å². The summed E-state index contributed by atoms with van der Waals surface area (Å²) in [6.07, 6.45) is 1.93. The Labute approximate surface area is 78.8 Å². The molecule has 0 aliphatic heterocycles. The van der Waals surface area contributed by atoms with Gasteiger partial charge in [-0.2, -0.15) is 0 Å². The van der Waals surface area contributed by atoms with E-state index in [1.54, 1.807) is 12.1 Å². The molecule has 0 aromatic heterocycles. The number of hydrogen-bond acceptors (Lipinski definition) is 1. The number of rotatable bonds is 4. The molecule has 0 saturated heterocycles. The molecule has 2 heteroatoms. The first-order valence-electron chi connectivity index (χ1n) is 4.70. The highest BCUT2D eigenvalue weighted by Crippen LogP contribution is 2.11. The van der Waals surface area contributed by atoms with E-state index in [0.29, 0.717) is 12.5 Å². The van der Waals surface area contributed by atoms with Gasteiger partial charge in [-0.3, -0.25) is 0 Å². The average Bonchev–Trinajstić information content (AvgIpc) is 2.14. The van der Waals surface area contributed by atoms with Gasteiger partial charge in [-0.1, -0.05) is 25.5 Å². The lowest BCUT2D eigenvalue weighted by Gasteiger charge is -2.11. The molecule has 0 aliphatic rings. The fraction of sp³-hybridized carbons (Fsp3) is 0.455. The van der Waals surface area contributed by atoms with E-state index >= 15 is 0 Å². The van der Waals surface area contributed by atoms with Crippen molar-refractivity contribution in [2.75, 3.05) is 6.54 Å². The van der Waals surface area contributed by atoms with Crippen molar-refractivity contribution in [1.82, 2.24) is 0 Å². The second kappa shape index (κ2) is 4.97. The summed E-state index contributed by atoms with van der Waals surface area (Å²) in [7, 11) is 0. The lowest BCUT2D eigenvalue weighted by Crippen LogP contribution is -2.15. The molecule has 1 nitrogen and oxygen atoms in total. The summed E-state index contributed by atoms with van der Waals surface area (Å²) < 4.78 is 12.8. The van der Waals surface area contributed by atoms with E-state index in [9.17, 15) is 4.39 Å². The molecule has 0 aliphatic carbocycles. The molecule has 1 aromatic rings. The van der Waals surface area contributed by atoms with Crippen LogP contribution in [-0.2, 0) is 6.42 Å². The summed E-state index contributed by atoms with van der Waals surface area (Å²) in [6, 6.07) is 6.74. The van der Waals surface area contributed by atoms with Crippen molar-refractivity contribution >= 4 is 0 Å². The van der Waals surface area contributed by atoms with Crippen molar-refractivity contribution in [3.8, 4) is 0 Å². The topological polar surface area (TPSA) is 26.0 Å². The molecule has 0 spiro atoms. The van der Waals surface area contributed by atoms with Gasteiger partial charge in [0, 0.05) is 0 Å². The van der Waals surface area contributed by atoms with Crippen molar-refractivity contribution in [1.29, 1.82) is 0 Å². The van der Waals surface area contributed by atoms with E-state index in [1.807, 2.05) is 6.07 Å². The SMILES string of the molecule is CCC(CN)Cc1cccc(F)c1. The molecule has 1 rings (SSSR count). The number of benzene rings is 1. The molecule has 1 aromatic carbocycles. The molecule has 0 radical (unpaired) electrons. The molecular weight excluding hydrogens is 165 g/mol. The van der Waals surface area contributed by atoms with Gasteiger partial charge >= 0.3 is 0 Å². The van der Waals surface area contributed by atoms with Crippen molar-refractivity contribution in [3.05, 3.63) is 35.6 Å². The highest BCUT2D eigenvalue weighted by Gasteiger charge is 2.05. The van der Waals surface area contributed by atoms with E-state index in [4.69, 9.17) is 5.73 Å². The van der Waals surface area contributed by atoms with Crippen LogP contribution in [0.15, 0.2) is 24.3 Å². The predicted molar refractivity (Wildman–Crippen MR) is 52.9 cm³/mol. The third-order valence-electron chi connectivity index (χ3n) is 2.32. The highest BCUT2D eigenvalue weighted by molar-refractivity contribution is 5.16. The van der Waals surface area contributed by atoms with Gasteiger partial charge in [0.05, 0.1) is 0 Å². The quantitative estimate of drug-likeness (QED) is 0.758. The van der Waals surface area contributed by atoms with Gasteiger partial charge in [-0.15, -0.1) is 0 Å². The Hall–Kier alpha value is -0.890. The summed E-state index contributed by atoms with van der Waals surface area (Å²) in [5, 5.41) is 0. The Bertz CT molecular complexity index is 256. The molecule has 0 saturated carbocycles. The van der Waals surface area contributed by atoms with E-state index in [0.717, 1.165) is 18.4 Å². The smallest absolute Gasteiger partial charge is 0.123 e. The zero-order valence-corrected chi connectivity index (χ0v) is 7.96. The first-order chi connectivity index (χ1) is 6.26. The second-order valence-electron chi connectivity index (χ2n) is 3.34. The molecule has 13 heavy (non-hydrogen) atoms. The summed E-state index contributed by atoms with van der Waals surface area (Å²) >= 11 is 0. The van der Waals surface area contributed by atoms with E-state index < -0.39 is 0 Å². The van der Waals surface area contributed by atoms with Crippen LogP contribution in [0.4, 0.5) is 4.39 Å². The van der Waals surface area contributed by atoms with Gasteiger partial charge in [0.25, 0.3) is 0 Å². The summed E-state index contributed by atoms with van der Waals surface area (Å²) in [5.74, 6) is 0.311. The van der Waals surface area contributed by atoms with Crippen LogP contribution < -0.4 is 5.73 Å². The van der Waals surface area contributed by atoms with Crippen molar-refractivity contribution in [3.63, 3.8) is 0 Å². The van der Waals surface area contributed by atoms with Crippen LogP contribution >= 0.6 is 0 Å². The molecule has 2 N–H and O–H groups in total. The van der Waals surface area contributed by atoms with Crippen molar-refractivity contribution < 1.29 is 4.39 Å². The molecule has 0 bridgehead atoms. The van der Waals surface area contributed by atoms with Gasteiger partial charge in [-0.05, 0) is 36.6 Å². The van der Waals surface area contributed by atoms with Crippen LogP contribution in [0.1, 0.15) is 18.9 Å². The Morgan fingerprint density at radius 3 is 2.77 bits per heavy atom. The summed E-state index contributed by atoms with van der Waals surface area (Å²) in [6.45, 7) is 2.78. The zero-order valence-electron chi connectivity index (χ0n) is 7.96. The lowest BCUT2D eigenvalue weighted by molar-refractivity contribution is 0.516. The average molecular weight is 181 g/mol. The molecule has 0 amide bonds. The maximum atomic E-state index is 12.8. The largest absolute Gasteiger partial charge is 0.330 e. The van der Waals surface area contributed by atoms with Crippen LogP contribution in [0.5, 0.6) is 0 Å². The molecular formula is C11H16FN. The van der Waals surface area contributed by atoms with Crippen LogP contribution in [0.3, 0.4) is 0 Å². The maximum Gasteiger partial charge on any atom is 0.123 e. The minimum atomic E-state index is -0.163. The van der Waals surface area contributed by atoms with Crippen LogP contribution in [0.25, 0.3) is 0 Å². The maximum absolute atomic E-state index is 12.8.